The normalized spacial score (nSPS) is 11.3. The number of carbonyl (C=O) groups is 1. The number of fused-ring (bicyclic) bond motifs is 1. The van der Waals surface area contributed by atoms with E-state index in [1.165, 1.54) is 27.2 Å². The van der Waals surface area contributed by atoms with E-state index in [1.807, 2.05) is 39.2 Å². The monoisotopic (exact) mass is 390 g/mol. The Labute approximate surface area is 161 Å². The van der Waals surface area contributed by atoms with Crippen LogP contribution in [-0.2, 0) is 0 Å². The average molecular weight is 390 g/mol. The molecule has 1 N–H and O–H groups in total. The zero-order valence-corrected chi connectivity index (χ0v) is 16.4. The van der Waals surface area contributed by atoms with Gasteiger partial charge < -0.3 is 4.90 Å². The minimum Gasteiger partial charge on any atom is -0.340 e. The van der Waals surface area contributed by atoms with Crippen molar-refractivity contribution in [3.8, 4) is 0 Å². The summed E-state index contributed by atoms with van der Waals surface area (Å²) in [5.74, 6) is -2.42. The van der Waals surface area contributed by atoms with E-state index in [9.17, 15) is 13.6 Å². The van der Waals surface area contributed by atoms with Gasteiger partial charge in [-0.2, -0.15) is 0 Å². The minimum absolute atomic E-state index is 0.344. The molecule has 0 fully saturated rings. The maximum atomic E-state index is 14.2. The van der Waals surface area contributed by atoms with E-state index in [-0.39, 0.29) is 0 Å². The molecule has 1 aromatic heterocycles. The summed E-state index contributed by atoms with van der Waals surface area (Å²) in [4.78, 5) is 20.2. The SMILES string of the molecule is Cc1ccc2nc(N(CCC[NH+](C)C)C(=O)c3c(F)cccc3F)sc2c1. The maximum Gasteiger partial charge on any atom is 0.266 e. The van der Waals surface area contributed by atoms with E-state index in [0.29, 0.717) is 18.1 Å². The van der Waals surface area contributed by atoms with Crippen LogP contribution in [0.1, 0.15) is 22.3 Å². The fraction of sp³-hybridized carbons (Fsp3) is 0.300. The summed E-state index contributed by atoms with van der Waals surface area (Å²) >= 11 is 1.36. The molecule has 27 heavy (non-hydrogen) atoms. The molecule has 1 heterocycles. The molecule has 1 amide bonds. The van der Waals surface area contributed by atoms with E-state index < -0.39 is 23.1 Å². The van der Waals surface area contributed by atoms with Crippen LogP contribution >= 0.6 is 11.3 Å². The molecular formula is C20H22F2N3OS+. The molecule has 0 spiro atoms. The Morgan fingerprint density at radius 1 is 1.19 bits per heavy atom. The highest BCUT2D eigenvalue weighted by molar-refractivity contribution is 7.22. The van der Waals surface area contributed by atoms with Crippen LogP contribution in [0.15, 0.2) is 36.4 Å². The zero-order valence-electron chi connectivity index (χ0n) is 15.6. The van der Waals surface area contributed by atoms with Gasteiger partial charge in [-0.15, -0.1) is 0 Å². The number of anilines is 1. The number of benzene rings is 2. The van der Waals surface area contributed by atoms with Crippen LogP contribution in [0.3, 0.4) is 0 Å². The number of halogens is 2. The summed E-state index contributed by atoms with van der Waals surface area (Å²) in [5.41, 5.74) is 1.32. The van der Waals surface area contributed by atoms with Gasteiger partial charge in [0.1, 0.15) is 17.2 Å². The predicted molar refractivity (Wildman–Crippen MR) is 105 cm³/mol. The van der Waals surface area contributed by atoms with Crippen molar-refractivity contribution in [2.45, 2.75) is 13.3 Å². The first-order valence-electron chi connectivity index (χ1n) is 8.79. The van der Waals surface area contributed by atoms with Crippen molar-refractivity contribution >= 4 is 32.6 Å². The van der Waals surface area contributed by atoms with Gasteiger partial charge in [-0.3, -0.25) is 9.69 Å². The Bertz CT molecular complexity index is 951. The standard InChI is InChI=1S/C20H21F2N3OS/c1-13-8-9-16-17(12-13)27-20(23-16)25(11-5-10-24(2)3)19(26)18-14(21)6-4-7-15(18)22/h4,6-9,12H,5,10-11H2,1-3H3/p+1. The average Bonchev–Trinajstić information content (AvgIpc) is 3.00. The summed E-state index contributed by atoms with van der Waals surface area (Å²) in [6.07, 6.45) is 0.694. The van der Waals surface area contributed by atoms with Crippen molar-refractivity contribution < 1.29 is 18.5 Å². The Morgan fingerprint density at radius 2 is 1.89 bits per heavy atom. The number of thiazole rings is 1. The lowest BCUT2D eigenvalue weighted by atomic mass is 10.1. The lowest BCUT2D eigenvalue weighted by Crippen LogP contribution is -3.05. The Morgan fingerprint density at radius 3 is 2.56 bits per heavy atom. The summed E-state index contributed by atoms with van der Waals surface area (Å²) in [5, 5.41) is 0.456. The number of carbonyl (C=O) groups excluding carboxylic acids is 1. The van der Waals surface area contributed by atoms with Crippen LogP contribution in [0, 0.1) is 18.6 Å². The van der Waals surface area contributed by atoms with Crippen LogP contribution in [0.4, 0.5) is 13.9 Å². The van der Waals surface area contributed by atoms with E-state index in [1.54, 1.807) is 0 Å². The van der Waals surface area contributed by atoms with E-state index in [2.05, 4.69) is 4.98 Å². The summed E-state index contributed by atoms with van der Waals surface area (Å²) in [7, 11) is 4.03. The minimum atomic E-state index is -0.861. The van der Waals surface area contributed by atoms with Crippen LogP contribution in [-0.4, -0.2) is 38.1 Å². The molecule has 0 saturated heterocycles. The first kappa shape index (κ1) is 19.4. The molecule has 0 radical (unpaired) electrons. The number of aryl methyl sites for hydroxylation is 1. The zero-order chi connectivity index (χ0) is 19.6. The van der Waals surface area contributed by atoms with E-state index in [0.717, 1.165) is 34.5 Å². The van der Waals surface area contributed by atoms with Gasteiger partial charge in [0, 0.05) is 13.0 Å². The fourth-order valence-corrected chi connectivity index (χ4v) is 3.94. The molecule has 0 aliphatic carbocycles. The number of nitrogens with one attached hydrogen (secondary N) is 1. The number of nitrogens with zero attached hydrogens (tertiary/aromatic N) is 2. The second-order valence-corrected chi connectivity index (χ2v) is 7.84. The molecule has 0 aliphatic heterocycles. The smallest absolute Gasteiger partial charge is 0.266 e. The largest absolute Gasteiger partial charge is 0.340 e. The highest BCUT2D eigenvalue weighted by Gasteiger charge is 2.26. The van der Waals surface area contributed by atoms with Crippen molar-refractivity contribution in [1.82, 2.24) is 4.98 Å². The van der Waals surface area contributed by atoms with Gasteiger partial charge in [0.2, 0.25) is 0 Å². The molecule has 0 bridgehead atoms. The Hall–Kier alpha value is -2.38. The van der Waals surface area contributed by atoms with Crippen LogP contribution < -0.4 is 9.80 Å². The predicted octanol–water partition coefficient (Wildman–Crippen LogP) is 3.06. The van der Waals surface area contributed by atoms with Crippen LogP contribution in [0.2, 0.25) is 0 Å². The summed E-state index contributed by atoms with van der Waals surface area (Å²) in [6.45, 7) is 3.15. The highest BCUT2D eigenvalue weighted by atomic mass is 32.1. The molecule has 0 unspecified atom stereocenters. The Balaban J connectivity index is 2.00. The molecular weight excluding hydrogens is 368 g/mol. The number of quaternary nitrogens is 1. The van der Waals surface area contributed by atoms with Gasteiger partial charge in [0.25, 0.3) is 5.91 Å². The lowest BCUT2D eigenvalue weighted by molar-refractivity contribution is -0.858. The number of rotatable bonds is 6. The lowest BCUT2D eigenvalue weighted by Gasteiger charge is -2.21. The molecule has 0 aliphatic rings. The maximum absolute atomic E-state index is 14.2. The van der Waals surface area contributed by atoms with Crippen LogP contribution in [0.25, 0.3) is 10.2 Å². The molecule has 0 saturated carbocycles. The summed E-state index contributed by atoms with van der Waals surface area (Å²) in [6, 6.07) is 9.28. The molecule has 3 aromatic rings. The van der Waals surface area contributed by atoms with Crippen molar-refractivity contribution in [3.05, 3.63) is 59.2 Å². The van der Waals surface area contributed by atoms with E-state index in [4.69, 9.17) is 0 Å². The molecule has 4 nitrogen and oxygen atoms in total. The number of aromatic nitrogens is 1. The molecule has 0 atom stereocenters. The van der Waals surface area contributed by atoms with Gasteiger partial charge in [-0.1, -0.05) is 23.5 Å². The fourth-order valence-electron chi connectivity index (χ4n) is 2.85. The molecule has 142 valence electrons. The number of amides is 1. The van der Waals surface area contributed by atoms with Crippen molar-refractivity contribution in [2.75, 3.05) is 32.1 Å². The van der Waals surface area contributed by atoms with Gasteiger partial charge in [-0.25, -0.2) is 13.8 Å². The first-order chi connectivity index (χ1) is 12.9. The van der Waals surface area contributed by atoms with E-state index >= 15 is 0 Å². The topological polar surface area (TPSA) is 37.6 Å². The highest BCUT2D eigenvalue weighted by Crippen LogP contribution is 2.31. The third-order valence-electron chi connectivity index (χ3n) is 4.24. The molecule has 7 heteroatoms. The van der Waals surface area contributed by atoms with Gasteiger partial charge in [0.05, 0.1) is 30.9 Å². The van der Waals surface area contributed by atoms with Crippen LogP contribution in [0.5, 0.6) is 0 Å². The molecule has 2 aromatic carbocycles. The third kappa shape index (κ3) is 4.31. The first-order valence-corrected chi connectivity index (χ1v) is 9.60. The third-order valence-corrected chi connectivity index (χ3v) is 5.28. The second-order valence-electron chi connectivity index (χ2n) is 6.83. The van der Waals surface area contributed by atoms with Crippen molar-refractivity contribution in [1.29, 1.82) is 0 Å². The van der Waals surface area contributed by atoms with Crippen molar-refractivity contribution in [2.24, 2.45) is 0 Å². The second kappa shape index (κ2) is 8.10. The Kier molecular flexibility index (Phi) is 5.82. The molecule has 3 rings (SSSR count). The van der Waals surface area contributed by atoms with Crippen molar-refractivity contribution in [3.63, 3.8) is 0 Å². The quantitative estimate of drug-likeness (QED) is 0.703. The van der Waals surface area contributed by atoms with Gasteiger partial charge in [-0.05, 0) is 36.8 Å². The van der Waals surface area contributed by atoms with Gasteiger partial charge in [0.15, 0.2) is 5.13 Å². The summed E-state index contributed by atoms with van der Waals surface area (Å²) < 4.78 is 29.3. The number of hydrogen-bond acceptors (Lipinski definition) is 3. The number of hydrogen-bond donors (Lipinski definition) is 1. The van der Waals surface area contributed by atoms with Gasteiger partial charge >= 0.3 is 0 Å².